The molecule has 0 aliphatic rings. The van der Waals surface area contributed by atoms with Crippen LogP contribution in [0, 0.1) is 56.7 Å². The fourth-order valence-electron chi connectivity index (χ4n) is 8.39. The van der Waals surface area contributed by atoms with E-state index in [-0.39, 0.29) is 0 Å². The van der Waals surface area contributed by atoms with Crippen LogP contribution in [0.4, 0.5) is 0 Å². The lowest BCUT2D eigenvalue weighted by atomic mass is 9.97. The van der Waals surface area contributed by atoms with Gasteiger partial charge in [0.15, 0.2) is 0 Å². The first kappa shape index (κ1) is 35.2. The summed E-state index contributed by atoms with van der Waals surface area (Å²) >= 11 is 0. The van der Waals surface area contributed by atoms with Crippen molar-refractivity contribution in [3.05, 3.63) is 186 Å². The van der Waals surface area contributed by atoms with Crippen LogP contribution in [-0.2, 0) is 0 Å². The number of pyridine rings is 1. The average Bonchev–Trinajstić information content (AvgIpc) is 3.82. The summed E-state index contributed by atoms with van der Waals surface area (Å²) in [5.74, 6) is 0.666. The summed E-state index contributed by atoms with van der Waals surface area (Å²) in [4.78, 5) is 5.22. The van der Waals surface area contributed by atoms with Crippen molar-refractivity contribution in [1.29, 1.82) is 26.3 Å². The first-order valence-electron chi connectivity index (χ1n) is 19.0. The average molecular weight is 763 g/mol. The SMILES string of the molecule is N#Cc1ccc(-c2cc(-n3c4ccccc4c4ccc(-c5ccc(C#N)cc5C#N)cc43)ncc2-n2c3ccccc3c3ccc(-c4ccc(C#N)cc4C#N)cc32)cc1. The lowest BCUT2D eigenvalue weighted by Crippen LogP contribution is -2.03. The van der Waals surface area contributed by atoms with E-state index in [1.165, 1.54) is 0 Å². The summed E-state index contributed by atoms with van der Waals surface area (Å²) in [6, 6.07) is 59.7. The van der Waals surface area contributed by atoms with Gasteiger partial charge in [-0.3, -0.25) is 4.57 Å². The van der Waals surface area contributed by atoms with Crippen LogP contribution in [0.1, 0.15) is 27.8 Å². The highest BCUT2D eigenvalue weighted by Gasteiger charge is 2.21. The first-order valence-corrected chi connectivity index (χ1v) is 19.0. The summed E-state index contributed by atoms with van der Waals surface area (Å²) < 4.78 is 4.34. The van der Waals surface area contributed by atoms with E-state index in [1.807, 2.05) is 79.0 Å². The maximum Gasteiger partial charge on any atom is 0.138 e. The van der Waals surface area contributed by atoms with E-state index in [2.05, 4.69) is 94.1 Å². The number of hydrogen-bond donors (Lipinski definition) is 0. The highest BCUT2D eigenvalue weighted by atomic mass is 15.1. The second-order valence-corrected chi connectivity index (χ2v) is 14.4. The van der Waals surface area contributed by atoms with Gasteiger partial charge >= 0.3 is 0 Å². The Bertz CT molecular complexity index is 3660. The molecule has 8 heteroatoms. The van der Waals surface area contributed by atoms with Crippen molar-refractivity contribution in [2.75, 3.05) is 0 Å². The number of nitrogens with zero attached hydrogens (tertiary/aromatic N) is 8. The van der Waals surface area contributed by atoms with E-state index in [1.54, 1.807) is 24.3 Å². The summed E-state index contributed by atoms with van der Waals surface area (Å²) in [5, 5.41) is 53.0. The van der Waals surface area contributed by atoms with Gasteiger partial charge in [-0.15, -0.1) is 0 Å². The number of para-hydroxylation sites is 2. The minimum atomic E-state index is 0.415. The van der Waals surface area contributed by atoms with Crippen LogP contribution >= 0.6 is 0 Å². The molecule has 3 heterocycles. The molecule has 0 radical (unpaired) electrons. The van der Waals surface area contributed by atoms with Crippen LogP contribution < -0.4 is 0 Å². The Balaban J connectivity index is 1.25. The third-order valence-corrected chi connectivity index (χ3v) is 11.2. The molecule has 0 aliphatic carbocycles. The lowest BCUT2D eigenvalue weighted by molar-refractivity contribution is 1.06. The summed E-state index contributed by atoms with van der Waals surface area (Å²) in [7, 11) is 0. The van der Waals surface area contributed by atoms with Gasteiger partial charge in [-0.05, 0) is 94.5 Å². The normalized spacial score (nSPS) is 10.9. The molecule has 0 spiro atoms. The van der Waals surface area contributed by atoms with Gasteiger partial charge in [-0.25, -0.2) is 4.98 Å². The highest BCUT2D eigenvalue weighted by molar-refractivity contribution is 6.12. The molecular formula is C52H26N8. The van der Waals surface area contributed by atoms with Crippen molar-refractivity contribution in [1.82, 2.24) is 14.1 Å². The Morgan fingerprint density at radius 3 is 1.37 bits per heavy atom. The molecule has 10 aromatic rings. The predicted octanol–water partition coefficient (Wildman–Crippen LogP) is 11.6. The van der Waals surface area contributed by atoms with Gasteiger partial charge in [0.05, 0.1) is 92.1 Å². The molecule has 0 unspecified atom stereocenters. The third-order valence-electron chi connectivity index (χ3n) is 11.2. The second kappa shape index (κ2) is 14.0. The second-order valence-electron chi connectivity index (χ2n) is 14.4. The Hall–Kier alpha value is -9.26. The van der Waals surface area contributed by atoms with Gasteiger partial charge in [0, 0.05) is 27.1 Å². The molecule has 7 aromatic carbocycles. The van der Waals surface area contributed by atoms with E-state index >= 15 is 0 Å². The predicted molar refractivity (Wildman–Crippen MR) is 233 cm³/mol. The van der Waals surface area contributed by atoms with Gasteiger partial charge in [-0.2, -0.15) is 26.3 Å². The van der Waals surface area contributed by atoms with E-state index in [0.29, 0.717) is 33.6 Å². The summed E-state index contributed by atoms with van der Waals surface area (Å²) in [5.41, 5.74) is 11.6. The van der Waals surface area contributed by atoms with Crippen molar-refractivity contribution in [2.45, 2.75) is 0 Å². The quantitative estimate of drug-likeness (QED) is 0.171. The number of benzene rings is 7. The Morgan fingerprint density at radius 1 is 0.367 bits per heavy atom. The standard InChI is InChI=1S/C52H26N8/c53-26-32-9-13-35(14-10-32)46-25-52(60-48-8-4-2-6-43(48)45-20-16-37(24-50(45)60)41-18-12-34(28-55)22-39(41)30-57)58-31-51(46)59-47-7-3-1-5-42(47)44-19-15-36(23-49(44)59)40-17-11-33(27-54)21-38(40)29-56/h1-25,31H. The van der Waals surface area contributed by atoms with Gasteiger partial charge in [0.2, 0.25) is 0 Å². The van der Waals surface area contributed by atoms with E-state index in [0.717, 1.165) is 82.7 Å². The zero-order valence-corrected chi connectivity index (χ0v) is 31.6. The van der Waals surface area contributed by atoms with Crippen LogP contribution in [0.15, 0.2) is 158 Å². The minimum absolute atomic E-state index is 0.415. The molecule has 0 bridgehead atoms. The van der Waals surface area contributed by atoms with Crippen molar-refractivity contribution in [3.8, 4) is 75.2 Å². The van der Waals surface area contributed by atoms with E-state index in [9.17, 15) is 26.3 Å². The molecular weight excluding hydrogens is 737 g/mol. The topological polar surface area (TPSA) is 142 Å². The van der Waals surface area contributed by atoms with Crippen molar-refractivity contribution < 1.29 is 0 Å². The molecule has 0 amide bonds. The zero-order chi connectivity index (χ0) is 40.9. The zero-order valence-electron chi connectivity index (χ0n) is 31.6. The fraction of sp³-hybridized carbons (Fsp3) is 0. The van der Waals surface area contributed by atoms with Crippen LogP contribution in [0.25, 0.3) is 88.5 Å². The van der Waals surface area contributed by atoms with Crippen molar-refractivity contribution in [2.24, 2.45) is 0 Å². The number of aromatic nitrogens is 3. The fourth-order valence-corrected chi connectivity index (χ4v) is 8.39. The Morgan fingerprint density at radius 2 is 0.833 bits per heavy atom. The minimum Gasteiger partial charge on any atom is -0.307 e. The molecule has 274 valence electrons. The molecule has 0 fully saturated rings. The first-order chi connectivity index (χ1) is 29.5. The third kappa shape index (κ3) is 5.53. The van der Waals surface area contributed by atoms with Crippen LogP contribution in [0.2, 0.25) is 0 Å². The Kier molecular flexibility index (Phi) is 8.23. The monoisotopic (exact) mass is 762 g/mol. The van der Waals surface area contributed by atoms with E-state index < -0.39 is 0 Å². The highest BCUT2D eigenvalue weighted by Crippen LogP contribution is 2.41. The molecule has 8 nitrogen and oxygen atoms in total. The van der Waals surface area contributed by atoms with Gasteiger partial charge in [0.1, 0.15) is 5.82 Å². The maximum absolute atomic E-state index is 10.1. The van der Waals surface area contributed by atoms with Crippen molar-refractivity contribution >= 4 is 43.6 Å². The molecule has 0 atom stereocenters. The molecule has 60 heavy (non-hydrogen) atoms. The van der Waals surface area contributed by atoms with Gasteiger partial charge < -0.3 is 4.57 Å². The van der Waals surface area contributed by atoms with Crippen molar-refractivity contribution in [3.63, 3.8) is 0 Å². The van der Waals surface area contributed by atoms with Crippen LogP contribution in [0.5, 0.6) is 0 Å². The summed E-state index contributed by atoms with van der Waals surface area (Å²) in [6.07, 6.45) is 1.89. The molecule has 3 aromatic heterocycles. The smallest absolute Gasteiger partial charge is 0.138 e. The van der Waals surface area contributed by atoms with Crippen LogP contribution in [-0.4, -0.2) is 14.1 Å². The maximum atomic E-state index is 10.1. The molecule has 0 aliphatic heterocycles. The number of rotatable bonds is 5. The number of hydrogen-bond acceptors (Lipinski definition) is 6. The molecule has 10 rings (SSSR count). The molecule has 0 N–H and O–H groups in total. The van der Waals surface area contributed by atoms with Crippen LogP contribution in [0.3, 0.4) is 0 Å². The molecule has 0 saturated heterocycles. The van der Waals surface area contributed by atoms with Gasteiger partial charge in [0.25, 0.3) is 0 Å². The largest absolute Gasteiger partial charge is 0.307 e. The number of nitriles is 5. The molecule has 0 saturated carbocycles. The number of fused-ring (bicyclic) bond motifs is 6. The summed E-state index contributed by atoms with van der Waals surface area (Å²) in [6.45, 7) is 0. The van der Waals surface area contributed by atoms with E-state index in [4.69, 9.17) is 4.98 Å². The Labute approximate surface area is 343 Å². The lowest BCUT2D eigenvalue weighted by Gasteiger charge is -2.17. The van der Waals surface area contributed by atoms with Gasteiger partial charge in [-0.1, -0.05) is 84.9 Å².